The summed E-state index contributed by atoms with van der Waals surface area (Å²) in [5.41, 5.74) is 3.24. The maximum atomic E-state index is 3.61. The second kappa shape index (κ2) is 5.44. The van der Waals surface area contributed by atoms with Gasteiger partial charge in [0.05, 0.1) is 0 Å². The van der Waals surface area contributed by atoms with Gasteiger partial charge in [0, 0.05) is 11.6 Å². The summed E-state index contributed by atoms with van der Waals surface area (Å²) in [5, 5.41) is 3.61. The molecule has 0 saturated heterocycles. The van der Waals surface area contributed by atoms with Crippen LogP contribution in [-0.4, -0.2) is 11.6 Å². The van der Waals surface area contributed by atoms with Gasteiger partial charge in [-0.2, -0.15) is 0 Å². The smallest absolute Gasteiger partial charge is 0.00991 e. The molecule has 1 nitrogen and oxygen atoms in total. The molecule has 0 bridgehead atoms. The minimum absolute atomic E-state index is 0.185. The normalized spacial score (nSPS) is 14.6. The van der Waals surface area contributed by atoms with Gasteiger partial charge in [-0.15, -0.1) is 0 Å². The summed E-state index contributed by atoms with van der Waals surface area (Å²) in [5.74, 6) is 0. The van der Waals surface area contributed by atoms with E-state index in [9.17, 15) is 0 Å². The Labute approximate surface area is 113 Å². The van der Waals surface area contributed by atoms with Crippen LogP contribution in [0.25, 0.3) is 0 Å². The number of nitrogens with one attached hydrogen (secondary N) is 1. The van der Waals surface area contributed by atoms with Gasteiger partial charge < -0.3 is 5.32 Å². The second-order valence-corrected chi connectivity index (χ2v) is 7.45. The van der Waals surface area contributed by atoms with Crippen LogP contribution in [0, 0.1) is 0 Å². The maximum Gasteiger partial charge on any atom is 0.00991 e. The van der Waals surface area contributed by atoms with Crippen molar-refractivity contribution < 1.29 is 0 Å². The van der Waals surface area contributed by atoms with Crippen molar-refractivity contribution in [2.45, 2.75) is 71.9 Å². The lowest BCUT2D eigenvalue weighted by Crippen LogP contribution is -2.43. The average molecular weight is 247 g/mol. The number of hydrogen-bond donors (Lipinski definition) is 1. The SMILES string of the molecule is CC(Cc1ccc(C(C)(C)C)cc1)NC(C)(C)C. The van der Waals surface area contributed by atoms with E-state index in [0.717, 1.165) is 6.42 Å². The Morgan fingerprint density at radius 3 is 1.83 bits per heavy atom. The van der Waals surface area contributed by atoms with E-state index in [1.54, 1.807) is 0 Å². The molecular formula is C17H29N. The van der Waals surface area contributed by atoms with Crippen LogP contribution >= 0.6 is 0 Å². The molecule has 0 spiro atoms. The molecule has 1 N–H and O–H groups in total. The molecule has 1 aromatic rings. The highest BCUT2D eigenvalue weighted by Gasteiger charge is 2.15. The van der Waals surface area contributed by atoms with E-state index < -0.39 is 0 Å². The molecule has 0 saturated carbocycles. The quantitative estimate of drug-likeness (QED) is 0.839. The fourth-order valence-electron chi connectivity index (χ4n) is 2.28. The molecule has 0 fully saturated rings. The Bertz CT molecular complexity index is 362. The molecule has 1 unspecified atom stereocenters. The predicted octanol–water partition coefficient (Wildman–Crippen LogP) is 4.30. The first-order valence-electron chi connectivity index (χ1n) is 6.95. The molecule has 1 rings (SSSR count). The van der Waals surface area contributed by atoms with Crippen LogP contribution in [0.2, 0.25) is 0 Å². The van der Waals surface area contributed by atoms with Crippen LogP contribution in [0.4, 0.5) is 0 Å². The highest BCUT2D eigenvalue weighted by molar-refractivity contribution is 5.27. The molecule has 0 radical (unpaired) electrons. The van der Waals surface area contributed by atoms with Crippen molar-refractivity contribution in [1.29, 1.82) is 0 Å². The van der Waals surface area contributed by atoms with Gasteiger partial charge in [-0.1, -0.05) is 45.0 Å². The van der Waals surface area contributed by atoms with Gasteiger partial charge in [0.1, 0.15) is 0 Å². The van der Waals surface area contributed by atoms with Crippen molar-refractivity contribution in [2.75, 3.05) is 0 Å². The van der Waals surface area contributed by atoms with Crippen LogP contribution in [-0.2, 0) is 11.8 Å². The maximum absolute atomic E-state index is 3.61. The summed E-state index contributed by atoms with van der Waals surface area (Å²) in [7, 11) is 0. The fourth-order valence-corrected chi connectivity index (χ4v) is 2.28. The monoisotopic (exact) mass is 247 g/mol. The molecule has 0 aliphatic rings. The fraction of sp³-hybridized carbons (Fsp3) is 0.647. The van der Waals surface area contributed by atoms with Gasteiger partial charge in [-0.05, 0) is 50.7 Å². The van der Waals surface area contributed by atoms with Crippen molar-refractivity contribution >= 4 is 0 Å². The number of hydrogen-bond acceptors (Lipinski definition) is 1. The summed E-state index contributed by atoms with van der Waals surface area (Å²) in [6, 6.07) is 9.56. The number of benzene rings is 1. The third-order valence-corrected chi connectivity index (χ3v) is 3.04. The number of rotatable bonds is 3. The zero-order valence-electron chi connectivity index (χ0n) is 13.1. The molecule has 0 amide bonds. The van der Waals surface area contributed by atoms with Crippen molar-refractivity contribution in [3.8, 4) is 0 Å². The largest absolute Gasteiger partial charge is 0.309 e. The zero-order chi connectivity index (χ0) is 14.0. The molecule has 1 heteroatoms. The Hall–Kier alpha value is -0.820. The van der Waals surface area contributed by atoms with Crippen LogP contribution in [0.5, 0.6) is 0 Å². The second-order valence-electron chi connectivity index (χ2n) is 7.45. The highest BCUT2D eigenvalue weighted by atomic mass is 15.0. The summed E-state index contributed by atoms with van der Waals surface area (Å²) >= 11 is 0. The lowest BCUT2D eigenvalue weighted by Gasteiger charge is -2.26. The molecule has 18 heavy (non-hydrogen) atoms. The summed E-state index contributed by atoms with van der Waals surface area (Å²) in [6.45, 7) is 15.7. The lowest BCUT2D eigenvalue weighted by atomic mass is 9.86. The van der Waals surface area contributed by atoms with Crippen LogP contribution in [0.3, 0.4) is 0 Å². The summed E-state index contributed by atoms with van der Waals surface area (Å²) in [4.78, 5) is 0. The van der Waals surface area contributed by atoms with Crippen molar-refractivity contribution in [1.82, 2.24) is 5.32 Å². The molecule has 0 heterocycles. The Morgan fingerprint density at radius 2 is 1.44 bits per heavy atom. The Morgan fingerprint density at radius 1 is 0.944 bits per heavy atom. The first-order chi connectivity index (χ1) is 8.08. The minimum Gasteiger partial charge on any atom is -0.309 e. The summed E-state index contributed by atoms with van der Waals surface area (Å²) in [6.07, 6.45) is 1.09. The van der Waals surface area contributed by atoms with Crippen LogP contribution in [0.1, 0.15) is 59.6 Å². The average Bonchev–Trinajstić information content (AvgIpc) is 2.13. The standard InChI is InChI=1S/C17H29N/c1-13(18-17(5,6)7)12-14-8-10-15(11-9-14)16(2,3)4/h8-11,13,18H,12H2,1-7H3. The zero-order valence-corrected chi connectivity index (χ0v) is 13.1. The first-order valence-corrected chi connectivity index (χ1v) is 6.95. The van der Waals surface area contributed by atoms with E-state index in [0.29, 0.717) is 6.04 Å². The predicted molar refractivity (Wildman–Crippen MR) is 81.2 cm³/mol. The summed E-state index contributed by atoms with van der Waals surface area (Å²) < 4.78 is 0. The van der Waals surface area contributed by atoms with Crippen molar-refractivity contribution in [3.05, 3.63) is 35.4 Å². The van der Waals surface area contributed by atoms with E-state index in [-0.39, 0.29) is 11.0 Å². The van der Waals surface area contributed by atoms with E-state index in [1.807, 2.05) is 0 Å². The van der Waals surface area contributed by atoms with Gasteiger partial charge in [0.2, 0.25) is 0 Å². The van der Waals surface area contributed by atoms with Crippen LogP contribution < -0.4 is 5.32 Å². The van der Waals surface area contributed by atoms with Crippen LogP contribution in [0.15, 0.2) is 24.3 Å². The molecule has 102 valence electrons. The van der Waals surface area contributed by atoms with E-state index >= 15 is 0 Å². The Kier molecular flexibility index (Phi) is 4.61. The molecule has 0 aliphatic heterocycles. The van der Waals surface area contributed by atoms with Crippen molar-refractivity contribution in [2.24, 2.45) is 0 Å². The molecule has 0 aliphatic carbocycles. The van der Waals surface area contributed by atoms with Gasteiger partial charge in [0.25, 0.3) is 0 Å². The molecule has 1 atom stereocenters. The third kappa shape index (κ3) is 5.22. The van der Waals surface area contributed by atoms with Gasteiger partial charge in [-0.3, -0.25) is 0 Å². The van der Waals surface area contributed by atoms with Crippen molar-refractivity contribution in [3.63, 3.8) is 0 Å². The molecule has 0 aromatic heterocycles. The van der Waals surface area contributed by atoms with Gasteiger partial charge >= 0.3 is 0 Å². The van der Waals surface area contributed by atoms with E-state index in [1.165, 1.54) is 11.1 Å². The lowest BCUT2D eigenvalue weighted by molar-refractivity contribution is 0.371. The Balaban J connectivity index is 2.64. The topological polar surface area (TPSA) is 12.0 Å². The highest BCUT2D eigenvalue weighted by Crippen LogP contribution is 2.22. The molecular weight excluding hydrogens is 218 g/mol. The first kappa shape index (κ1) is 15.2. The third-order valence-electron chi connectivity index (χ3n) is 3.04. The van der Waals surface area contributed by atoms with E-state index in [2.05, 4.69) is 78.0 Å². The van der Waals surface area contributed by atoms with E-state index in [4.69, 9.17) is 0 Å². The van der Waals surface area contributed by atoms with Gasteiger partial charge in [-0.25, -0.2) is 0 Å². The molecule has 1 aromatic carbocycles. The van der Waals surface area contributed by atoms with Gasteiger partial charge in [0.15, 0.2) is 0 Å². The minimum atomic E-state index is 0.185.